The van der Waals surface area contributed by atoms with Crippen LogP contribution in [0.1, 0.15) is 0 Å². The lowest BCUT2D eigenvalue weighted by atomic mass is 10.4. The molecular formula is C8H5N7O3. The van der Waals surface area contributed by atoms with Crippen molar-refractivity contribution in [2.24, 2.45) is 0 Å². The molecule has 0 fully saturated rings. The average molecular weight is 247 g/mol. The van der Waals surface area contributed by atoms with Gasteiger partial charge in [-0.3, -0.25) is 24.5 Å². The molecule has 10 nitrogen and oxygen atoms in total. The van der Waals surface area contributed by atoms with Gasteiger partial charge in [0.25, 0.3) is 11.1 Å². The maximum Gasteiger partial charge on any atom is 0.327 e. The lowest BCUT2D eigenvalue weighted by Gasteiger charge is -1.99. The summed E-state index contributed by atoms with van der Waals surface area (Å²) in [5.74, 6) is -0.137. The first-order valence-electron chi connectivity index (χ1n) is 4.74. The number of nitrogens with zero attached hydrogens (tertiary/aromatic N) is 3. The molecule has 0 aromatic carbocycles. The van der Waals surface area contributed by atoms with Crippen molar-refractivity contribution < 1.29 is 0 Å². The number of aromatic nitrogens is 6. The molecule has 0 saturated carbocycles. The molecule has 0 bridgehead atoms. The molecule has 0 spiro atoms. The minimum absolute atomic E-state index is 0.0682. The third-order valence-corrected chi connectivity index (χ3v) is 2.23. The van der Waals surface area contributed by atoms with Gasteiger partial charge in [0.05, 0.1) is 0 Å². The van der Waals surface area contributed by atoms with E-state index in [1.54, 1.807) is 0 Å². The number of fused-ring (bicyclic) bond motifs is 2. The van der Waals surface area contributed by atoms with Crippen LogP contribution in [0.15, 0.2) is 14.4 Å². The summed E-state index contributed by atoms with van der Waals surface area (Å²) < 4.78 is 0. The zero-order chi connectivity index (χ0) is 12.9. The Labute approximate surface area is 95.9 Å². The zero-order valence-corrected chi connectivity index (χ0v) is 8.64. The Morgan fingerprint density at radius 1 is 0.833 bits per heavy atom. The number of H-pyrrole nitrogens is 3. The molecule has 10 heteroatoms. The van der Waals surface area contributed by atoms with Crippen LogP contribution in [-0.4, -0.2) is 29.9 Å². The van der Waals surface area contributed by atoms with Crippen molar-refractivity contribution >= 4 is 28.3 Å². The second-order valence-electron chi connectivity index (χ2n) is 3.45. The molecule has 3 aromatic rings. The van der Waals surface area contributed by atoms with Crippen LogP contribution in [0.5, 0.6) is 0 Å². The summed E-state index contributed by atoms with van der Waals surface area (Å²) in [6.07, 6.45) is 0. The van der Waals surface area contributed by atoms with Gasteiger partial charge in [-0.2, -0.15) is 4.98 Å². The Kier molecular flexibility index (Phi) is 1.82. The molecule has 3 aromatic heterocycles. The largest absolute Gasteiger partial charge is 0.369 e. The van der Waals surface area contributed by atoms with Crippen molar-refractivity contribution in [3.05, 3.63) is 31.2 Å². The molecule has 5 N–H and O–H groups in total. The SMILES string of the molecule is Nc1nc2nc3c(=O)[nH]c(=O)[nH]c3nc2c(=O)[nH]1. The van der Waals surface area contributed by atoms with Crippen LogP contribution in [0.2, 0.25) is 0 Å². The highest BCUT2D eigenvalue weighted by Crippen LogP contribution is 2.05. The molecular weight excluding hydrogens is 242 g/mol. The highest BCUT2D eigenvalue weighted by molar-refractivity contribution is 5.80. The van der Waals surface area contributed by atoms with Gasteiger partial charge in [-0.1, -0.05) is 0 Å². The first kappa shape index (κ1) is 10.1. The average Bonchev–Trinajstić information content (AvgIpc) is 2.27. The van der Waals surface area contributed by atoms with Gasteiger partial charge in [-0.15, -0.1) is 0 Å². The fraction of sp³-hybridized carbons (Fsp3) is 0. The topological polar surface area (TPSA) is 163 Å². The van der Waals surface area contributed by atoms with E-state index in [4.69, 9.17) is 5.73 Å². The smallest absolute Gasteiger partial charge is 0.327 e. The number of aromatic amines is 3. The van der Waals surface area contributed by atoms with Crippen LogP contribution in [0, 0.1) is 0 Å². The van der Waals surface area contributed by atoms with E-state index in [2.05, 4.69) is 24.9 Å². The van der Waals surface area contributed by atoms with E-state index >= 15 is 0 Å². The predicted molar refractivity (Wildman–Crippen MR) is 61.1 cm³/mol. The van der Waals surface area contributed by atoms with Gasteiger partial charge >= 0.3 is 5.69 Å². The Hall–Kier alpha value is -3.04. The van der Waals surface area contributed by atoms with Crippen LogP contribution >= 0.6 is 0 Å². The Morgan fingerprint density at radius 3 is 2.33 bits per heavy atom. The number of hydrogen-bond acceptors (Lipinski definition) is 7. The fourth-order valence-corrected chi connectivity index (χ4v) is 1.52. The summed E-state index contributed by atoms with van der Waals surface area (Å²) in [6.45, 7) is 0. The molecule has 0 radical (unpaired) electrons. The molecule has 0 atom stereocenters. The van der Waals surface area contributed by atoms with Crippen molar-refractivity contribution in [3.63, 3.8) is 0 Å². The molecule has 0 aliphatic heterocycles. The Morgan fingerprint density at radius 2 is 1.56 bits per heavy atom. The van der Waals surface area contributed by atoms with Crippen molar-refractivity contribution in [3.8, 4) is 0 Å². The second-order valence-corrected chi connectivity index (χ2v) is 3.45. The summed E-state index contributed by atoms with van der Waals surface area (Å²) in [5.41, 5.74) is 2.90. The van der Waals surface area contributed by atoms with E-state index in [0.717, 1.165) is 0 Å². The van der Waals surface area contributed by atoms with Gasteiger partial charge in [-0.25, -0.2) is 14.8 Å². The van der Waals surface area contributed by atoms with Gasteiger partial charge < -0.3 is 5.73 Å². The summed E-state index contributed by atoms with van der Waals surface area (Å²) in [6, 6.07) is 0. The second kappa shape index (κ2) is 3.23. The van der Waals surface area contributed by atoms with E-state index < -0.39 is 16.8 Å². The van der Waals surface area contributed by atoms with Gasteiger partial charge in [0, 0.05) is 0 Å². The molecule has 0 unspecified atom stereocenters. The number of nitrogen functional groups attached to an aromatic ring is 1. The highest BCUT2D eigenvalue weighted by Gasteiger charge is 2.10. The van der Waals surface area contributed by atoms with Crippen molar-refractivity contribution in [1.82, 2.24) is 29.9 Å². The van der Waals surface area contributed by atoms with E-state index in [1.165, 1.54) is 0 Å². The summed E-state index contributed by atoms with van der Waals surface area (Å²) >= 11 is 0. The summed E-state index contributed by atoms with van der Waals surface area (Å²) in [7, 11) is 0. The van der Waals surface area contributed by atoms with Crippen LogP contribution in [-0.2, 0) is 0 Å². The minimum atomic E-state index is -0.735. The monoisotopic (exact) mass is 247 g/mol. The fourth-order valence-electron chi connectivity index (χ4n) is 1.52. The highest BCUT2D eigenvalue weighted by atomic mass is 16.2. The van der Waals surface area contributed by atoms with Crippen LogP contribution in [0.4, 0.5) is 5.95 Å². The van der Waals surface area contributed by atoms with Crippen molar-refractivity contribution in [2.45, 2.75) is 0 Å². The molecule has 0 aliphatic carbocycles. The normalized spacial score (nSPS) is 11.1. The number of hydrogen-bond donors (Lipinski definition) is 4. The first-order valence-corrected chi connectivity index (χ1v) is 4.74. The Balaban J connectivity index is 2.64. The van der Waals surface area contributed by atoms with Gasteiger partial charge in [-0.05, 0) is 0 Å². The maximum atomic E-state index is 11.6. The molecule has 0 amide bonds. The van der Waals surface area contributed by atoms with Gasteiger partial charge in [0.1, 0.15) is 0 Å². The first-order chi connectivity index (χ1) is 8.54. The van der Waals surface area contributed by atoms with Crippen molar-refractivity contribution in [2.75, 3.05) is 5.73 Å². The summed E-state index contributed by atoms with van der Waals surface area (Å²) in [5, 5.41) is 0. The van der Waals surface area contributed by atoms with E-state index in [-0.39, 0.29) is 28.3 Å². The van der Waals surface area contributed by atoms with Gasteiger partial charge in [0.15, 0.2) is 22.3 Å². The number of nitrogens with two attached hydrogens (primary N) is 1. The maximum absolute atomic E-state index is 11.6. The van der Waals surface area contributed by atoms with Crippen LogP contribution < -0.4 is 22.5 Å². The molecule has 3 rings (SSSR count). The number of nitrogens with one attached hydrogen (secondary N) is 3. The molecule has 0 saturated heterocycles. The quantitative estimate of drug-likeness (QED) is 0.328. The van der Waals surface area contributed by atoms with E-state index in [9.17, 15) is 14.4 Å². The zero-order valence-electron chi connectivity index (χ0n) is 8.64. The molecule has 90 valence electrons. The van der Waals surface area contributed by atoms with Gasteiger partial charge in [0.2, 0.25) is 5.95 Å². The number of rotatable bonds is 0. The number of anilines is 1. The summed E-state index contributed by atoms with van der Waals surface area (Å²) in [4.78, 5) is 52.1. The van der Waals surface area contributed by atoms with E-state index in [1.807, 2.05) is 4.98 Å². The third-order valence-electron chi connectivity index (χ3n) is 2.23. The molecule has 18 heavy (non-hydrogen) atoms. The van der Waals surface area contributed by atoms with Crippen LogP contribution in [0.25, 0.3) is 22.3 Å². The third kappa shape index (κ3) is 1.36. The lowest BCUT2D eigenvalue weighted by molar-refractivity contribution is 1.04. The van der Waals surface area contributed by atoms with Crippen molar-refractivity contribution in [1.29, 1.82) is 0 Å². The standard InChI is InChI=1S/C8H5N7O3/c9-7-12-3-1(5(16)14-7)11-4-2(10-3)6(17)15-8(18)13-4/h(H3,9,10,12,14,16)(H2,11,13,15,17,18). The lowest BCUT2D eigenvalue weighted by Crippen LogP contribution is -2.24. The predicted octanol–water partition coefficient (Wildman–Crippen LogP) is -2.17. The Bertz CT molecular complexity index is 951. The van der Waals surface area contributed by atoms with Crippen LogP contribution in [0.3, 0.4) is 0 Å². The molecule has 0 aliphatic rings. The van der Waals surface area contributed by atoms with E-state index in [0.29, 0.717) is 0 Å². The molecule has 3 heterocycles. The minimum Gasteiger partial charge on any atom is -0.369 e.